The number of carbonyl (C=O) groups is 1. The molecule has 0 spiro atoms. The number of aromatic nitrogens is 2. The van der Waals surface area contributed by atoms with E-state index in [1.165, 1.54) is 10.5 Å². The molecule has 3 N–H and O–H groups in total. The Hall–Kier alpha value is -2.19. The van der Waals surface area contributed by atoms with Crippen molar-refractivity contribution in [3.63, 3.8) is 0 Å². The number of rotatable bonds is 4. The third kappa shape index (κ3) is 2.83. The lowest BCUT2D eigenvalue weighted by Gasteiger charge is -2.39. The third-order valence-electron chi connectivity index (χ3n) is 4.55. The van der Waals surface area contributed by atoms with Crippen LogP contribution in [0.1, 0.15) is 35.8 Å². The van der Waals surface area contributed by atoms with Gasteiger partial charge in [-0.3, -0.25) is 9.89 Å². The van der Waals surface area contributed by atoms with Crippen LogP contribution in [-0.2, 0) is 15.4 Å². The largest absolute Gasteiger partial charge is 0.365 e. The van der Waals surface area contributed by atoms with Gasteiger partial charge in [-0.15, -0.1) is 0 Å². The zero-order valence-electron chi connectivity index (χ0n) is 13.4. The molecule has 1 aromatic carbocycles. The lowest BCUT2D eigenvalue weighted by atomic mass is 9.78. The molecule has 3 rings (SSSR count). The first-order chi connectivity index (χ1) is 11.3. The number of piperidine rings is 1. The molecular formula is C16H20N4O3S. The first-order valence-corrected chi connectivity index (χ1v) is 9.17. The van der Waals surface area contributed by atoms with Crippen LogP contribution in [0, 0.1) is 0 Å². The van der Waals surface area contributed by atoms with Crippen LogP contribution in [0.4, 0.5) is 0 Å². The van der Waals surface area contributed by atoms with Gasteiger partial charge in [-0.1, -0.05) is 25.1 Å². The normalized spacial score (nSPS) is 22.4. The zero-order valence-corrected chi connectivity index (χ0v) is 14.2. The van der Waals surface area contributed by atoms with E-state index in [0.717, 1.165) is 6.42 Å². The summed E-state index contributed by atoms with van der Waals surface area (Å²) in [6, 6.07) is 8.37. The Labute approximate surface area is 140 Å². The van der Waals surface area contributed by atoms with Crippen molar-refractivity contribution in [2.45, 2.75) is 30.1 Å². The van der Waals surface area contributed by atoms with Gasteiger partial charge >= 0.3 is 0 Å². The van der Waals surface area contributed by atoms with E-state index >= 15 is 0 Å². The fraction of sp³-hybridized carbons (Fsp3) is 0.375. The summed E-state index contributed by atoms with van der Waals surface area (Å²) in [5.41, 5.74) is 5.78. The molecule has 0 saturated carbocycles. The minimum atomic E-state index is -3.57. The molecule has 1 aliphatic rings. The minimum absolute atomic E-state index is 0.271. The highest BCUT2D eigenvalue weighted by atomic mass is 32.2. The van der Waals surface area contributed by atoms with Crippen LogP contribution in [0.2, 0.25) is 0 Å². The van der Waals surface area contributed by atoms with Crippen LogP contribution in [0.25, 0.3) is 0 Å². The molecule has 8 heteroatoms. The highest BCUT2D eigenvalue weighted by molar-refractivity contribution is 7.89. The van der Waals surface area contributed by atoms with Gasteiger partial charge in [0.2, 0.25) is 10.0 Å². The molecule has 1 fully saturated rings. The summed E-state index contributed by atoms with van der Waals surface area (Å²) in [7, 11) is -3.57. The number of sulfonamides is 1. The van der Waals surface area contributed by atoms with Gasteiger partial charge in [0.25, 0.3) is 5.91 Å². The lowest BCUT2D eigenvalue weighted by Crippen LogP contribution is -2.47. The van der Waals surface area contributed by atoms with Gasteiger partial charge in [-0.25, -0.2) is 8.42 Å². The van der Waals surface area contributed by atoms with E-state index in [1.807, 2.05) is 6.92 Å². The van der Waals surface area contributed by atoms with Crippen LogP contribution in [0.5, 0.6) is 0 Å². The first kappa shape index (κ1) is 16.7. The average Bonchev–Trinajstić information content (AvgIpc) is 3.06. The highest BCUT2D eigenvalue weighted by Gasteiger charge is 2.40. The van der Waals surface area contributed by atoms with Crippen molar-refractivity contribution in [3.8, 4) is 0 Å². The van der Waals surface area contributed by atoms with E-state index < -0.39 is 21.3 Å². The quantitative estimate of drug-likeness (QED) is 0.866. The topological polar surface area (TPSA) is 109 Å². The van der Waals surface area contributed by atoms with Gasteiger partial charge in [0.1, 0.15) is 0 Å². The Morgan fingerprint density at radius 2 is 2.04 bits per heavy atom. The summed E-state index contributed by atoms with van der Waals surface area (Å²) in [5.74, 6) is -0.567. The Balaban J connectivity index is 1.94. The number of carbonyl (C=O) groups excluding carboxylic acids is 1. The number of nitrogens with two attached hydrogens (primary N) is 1. The van der Waals surface area contributed by atoms with Crippen LogP contribution in [-0.4, -0.2) is 41.9 Å². The van der Waals surface area contributed by atoms with E-state index in [4.69, 9.17) is 5.73 Å². The lowest BCUT2D eigenvalue weighted by molar-refractivity contribution is 0.0996. The molecule has 0 bridgehead atoms. The van der Waals surface area contributed by atoms with E-state index in [-0.39, 0.29) is 11.4 Å². The summed E-state index contributed by atoms with van der Waals surface area (Å²) in [5, 5.41) is 6.75. The maximum Gasteiger partial charge on any atom is 0.252 e. The summed E-state index contributed by atoms with van der Waals surface area (Å²) in [6.45, 7) is 2.65. The molecule has 1 saturated heterocycles. The second-order valence-corrected chi connectivity index (χ2v) is 8.28. The van der Waals surface area contributed by atoms with Crippen molar-refractivity contribution in [1.82, 2.24) is 14.5 Å². The fourth-order valence-corrected chi connectivity index (χ4v) is 4.90. The van der Waals surface area contributed by atoms with Gasteiger partial charge in [-0.05, 0) is 25.0 Å². The zero-order chi connectivity index (χ0) is 17.4. The fourth-order valence-electron chi connectivity index (χ4n) is 3.28. The van der Waals surface area contributed by atoms with E-state index in [1.54, 1.807) is 30.3 Å². The number of nitrogens with zero attached hydrogens (tertiary/aromatic N) is 2. The van der Waals surface area contributed by atoms with Crippen LogP contribution >= 0.6 is 0 Å². The number of amides is 1. The SMILES string of the molecule is CC1(c2[nH]ncc2C(N)=O)CCCN(S(=O)(=O)c2ccccc2)C1. The maximum absolute atomic E-state index is 12.9. The van der Waals surface area contributed by atoms with Crippen molar-refractivity contribution in [2.24, 2.45) is 5.73 Å². The number of hydrogen-bond acceptors (Lipinski definition) is 4. The Morgan fingerprint density at radius 1 is 1.33 bits per heavy atom. The Bertz CT molecular complexity index is 847. The summed E-state index contributed by atoms with van der Waals surface area (Å²) < 4.78 is 27.2. The standard InChI is InChI=1S/C16H20N4O3S/c1-16(14-13(15(17)21)10-18-19-14)8-5-9-20(11-16)24(22,23)12-6-3-2-4-7-12/h2-4,6-7,10H,5,8-9,11H2,1H3,(H2,17,21)(H,18,19). The van der Waals surface area contributed by atoms with Crippen molar-refractivity contribution in [3.05, 3.63) is 47.8 Å². The number of nitrogens with one attached hydrogen (secondary N) is 1. The molecule has 1 aromatic heterocycles. The van der Waals surface area contributed by atoms with Crippen molar-refractivity contribution < 1.29 is 13.2 Å². The second kappa shape index (κ2) is 6.03. The van der Waals surface area contributed by atoms with E-state index in [2.05, 4.69) is 10.2 Å². The maximum atomic E-state index is 12.9. The predicted octanol–water partition coefficient (Wildman–Crippen LogP) is 1.25. The van der Waals surface area contributed by atoms with Gasteiger partial charge in [-0.2, -0.15) is 9.40 Å². The summed E-state index contributed by atoms with van der Waals surface area (Å²) >= 11 is 0. The van der Waals surface area contributed by atoms with Crippen molar-refractivity contribution in [1.29, 1.82) is 0 Å². The minimum Gasteiger partial charge on any atom is -0.365 e. The van der Waals surface area contributed by atoms with E-state index in [0.29, 0.717) is 24.2 Å². The summed E-state index contributed by atoms with van der Waals surface area (Å²) in [4.78, 5) is 11.9. The molecule has 1 atom stereocenters. The Morgan fingerprint density at radius 3 is 2.71 bits per heavy atom. The highest BCUT2D eigenvalue weighted by Crippen LogP contribution is 2.36. The van der Waals surface area contributed by atoms with Crippen LogP contribution in [0.3, 0.4) is 0 Å². The van der Waals surface area contributed by atoms with Crippen LogP contribution in [0.15, 0.2) is 41.4 Å². The smallest absolute Gasteiger partial charge is 0.252 e. The first-order valence-electron chi connectivity index (χ1n) is 7.73. The predicted molar refractivity (Wildman–Crippen MR) is 88.9 cm³/mol. The van der Waals surface area contributed by atoms with Crippen LogP contribution < -0.4 is 5.73 Å². The Kier molecular flexibility index (Phi) is 4.18. The monoisotopic (exact) mass is 348 g/mol. The molecular weight excluding hydrogens is 328 g/mol. The second-order valence-electron chi connectivity index (χ2n) is 6.34. The van der Waals surface area contributed by atoms with Gasteiger partial charge in [0.15, 0.2) is 0 Å². The van der Waals surface area contributed by atoms with Gasteiger partial charge in [0, 0.05) is 18.5 Å². The number of H-pyrrole nitrogens is 1. The van der Waals surface area contributed by atoms with Gasteiger partial charge in [0.05, 0.1) is 22.3 Å². The molecule has 1 amide bonds. The summed E-state index contributed by atoms with van der Waals surface area (Å²) in [6.07, 6.45) is 2.84. The molecule has 2 heterocycles. The third-order valence-corrected chi connectivity index (χ3v) is 6.41. The molecule has 2 aromatic rings. The number of benzene rings is 1. The van der Waals surface area contributed by atoms with Gasteiger partial charge < -0.3 is 5.73 Å². The van der Waals surface area contributed by atoms with Crippen molar-refractivity contribution >= 4 is 15.9 Å². The average molecular weight is 348 g/mol. The molecule has 0 aliphatic carbocycles. The van der Waals surface area contributed by atoms with Crippen molar-refractivity contribution in [2.75, 3.05) is 13.1 Å². The molecule has 7 nitrogen and oxygen atoms in total. The molecule has 128 valence electrons. The number of primary amides is 1. The molecule has 0 radical (unpaired) electrons. The molecule has 24 heavy (non-hydrogen) atoms. The number of aromatic amines is 1. The van der Waals surface area contributed by atoms with E-state index in [9.17, 15) is 13.2 Å². The molecule has 1 aliphatic heterocycles. The molecule has 1 unspecified atom stereocenters. The number of hydrogen-bond donors (Lipinski definition) is 2.